The number of morpholine rings is 1. The molecule has 4 atom stereocenters. The Kier molecular flexibility index (Phi) is 7.01. The minimum absolute atomic E-state index is 0.183. The molecule has 33 heavy (non-hydrogen) atoms. The summed E-state index contributed by atoms with van der Waals surface area (Å²) in [4.78, 5) is 27.9. The molecule has 4 unspecified atom stereocenters. The number of aliphatic hydroxyl groups is 1. The highest BCUT2D eigenvalue weighted by atomic mass is 35.5. The molecule has 0 bridgehead atoms. The molecule has 1 aliphatic heterocycles. The van der Waals surface area contributed by atoms with Gasteiger partial charge in [-0.15, -0.1) is 0 Å². The molecule has 2 aliphatic rings. The van der Waals surface area contributed by atoms with Gasteiger partial charge in [-0.05, 0) is 61.1 Å². The van der Waals surface area contributed by atoms with Crippen LogP contribution in [0.5, 0.6) is 0 Å². The van der Waals surface area contributed by atoms with Gasteiger partial charge in [0.25, 0.3) is 5.91 Å². The van der Waals surface area contributed by atoms with Crippen LogP contribution >= 0.6 is 23.2 Å². The summed E-state index contributed by atoms with van der Waals surface area (Å²) < 4.78 is 11.3. The monoisotopic (exact) mass is 491 g/mol. The molecule has 0 aromatic heterocycles. The van der Waals surface area contributed by atoms with Crippen molar-refractivity contribution in [2.24, 2.45) is 5.92 Å². The highest BCUT2D eigenvalue weighted by molar-refractivity contribution is 6.30. The maximum atomic E-state index is 14.0. The quantitative estimate of drug-likeness (QED) is 0.566. The summed E-state index contributed by atoms with van der Waals surface area (Å²) in [5.74, 6) is -0.709. The average Bonchev–Trinajstić information content (AvgIpc) is 3.63. The van der Waals surface area contributed by atoms with Crippen LogP contribution in [0.2, 0.25) is 10.0 Å². The topological polar surface area (TPSA) is 76.1 Å². The SMILES string of the molecule is COC(=O)CC1(C)OC(c2cccc(Cl)c2)C(c2ccc(Cl)cc2)N(C(CO)C2CC2)C1=O. The molecule has 0 spiro atoms. The first-order valence-electron chi connectivity index (χ1n) is 11.0. The Hall–Kier alpha value is -2.12. The molecule has 1 saturated heterocycles. The highest BCUT2D eigenvalue weighted by Crippen LogP contribution is 2.50. The number of ether oxygens (including phenoxy) is 2. The van der Waals surface area contributed by atoms with Crippen molar-refractivity contribution in [1.82, 2.24) is 4.90 Å². The van der Waals surface area contributed by atoms with E-state index in [4.69, 9.17) is 32.7 Å². The van der Waals surface area contributed by atoms with Crippen molar-refractivity contribution in [3.8, 4) is 0 Å². The number of carbonyl (C=O) groups is 2. The van der Waals surface area contributed by atoms with Gasteiger partial charge in [0.2, 0.25) is 0 Å². The zero-order valence-electron chi connectivity index (χ0n) is 18.5. The Morgan fingerprint density at radius 1 is 1.18 bits per heavy atom. The number of aliphatic hydroxyl groups excluding tert-OH is 1. The van der Waals surface area contributed by atoms with Gasteiger partial charge in [0, 0.05) is 10.0 Å². The van der Waals surface area contributed by atoms with Crippen molar-refractivity contribution in [2.45, 2.75) is 50.0 Å². The molecular weight excluding hydrogens is 465 g/mol. The maximum Gasteiger partial charge on any atom is 0.308 e. The van der Waals surface area contributed by atoms with Crippen LogP contribution in [0.4, 0.5) is 0 Å². The lowest BCUT2D eigenvalue weighted by atomic mass is 9.85. The minimum atomic E-state index is -1.47. The molecule has 1 aliphatic carbocycles. The number of rotatable bonds is 7. The largest absolute Gasteiger partial charge is 0.469 e. The van der Waals surface area contributed by atoms with E-state index in [1.807, 2.05) is 24.3 Å². The van der Waals surface area contributed by atoms with Gasteiger partial charge in [0.15, 0.2) is 5.60 Å². The number of esters is 1. The molecular formula is C25H27Cl2NO5. The molecule has 1 heterocycles. The zero-order chi connectivity index (χ0) is 23.8. The summed E-state index contributed by atoms with van der Waals surface area (Å²) in [7, 11) is 1.28. The third-order valence-electron chi connectivity index (χ3n) is 6.47. The Bertz CT molecular complexity index is 1030. The van der Waals surface area contributed by atoms with Crippen molar-refractivity contribution in [3.05, 3.63) is 69.7 Å². The summed E-state index contributed by atoms with van der Waals surface area (Å²) in [5, 5.41) is 11.5. The number of amides is 1. The van der Waals surface area contributed by atoms with Gasteiger partial charge in [-0.3, -0.25) is 9.59 Å². The maximum absolute atomic E-state index is 14.0. The predicted octanol–water partition coefficient (Wildman–Crippen LogP) is 4.73. The second-order valence-electron chi connectivity index (χ2n) is 8.87. The summed E-state index contributed by atoms with van der Waals surface area (Å²) in [6.07, 6.45) is 0.980. The van der Waals surface area contributed by atoms with Crippen LogP contribution in [0.15, 0.2) is 48.5 Å². The van der Waals surface area contributed by atoms with E-state index in [0.717, 1.165) is 24.0 Å². The number of carbonyl (C=O) groups excluding carboxylic acids is 2. The third-order valence-corrected chi connectivity index (χ3v) is 6.96. The first kappa shape index (κ1) is 24.0. The van der Waals surface area contributed by atoms with E-state index in [1.165, 1.54) is 7.11 Å². The molecule has 6 nitrogen and oxygen atoms in total. The van der Waals surface area contributed by atoms with Crippen LogP contribution in [0.1, 0.15) is 49.5 Å². The van der Waals surface area contributed by atoms with Gasteiger partial charge >= 0.3 is 5.97 Å². The first-order chi connectivity index (χ1) is 15.8. The summed E-state index contributed by atoms with van der Waals surface area (Å²) >= 11 is 12.4. The number of benzene rings is 2. The van der Waals surface area contributed by atoms with Crippen LogP contribution < -0.4 is 0 Å². The molecule has 8 heteroatoms. The van der Waals surface area contributed by atoms with E-state index in [1.54, 1.807) is 36.1 Å². The molecule has 2 aromatic rings. The molecule has 176 valence electrons. The van der Waals surface area contributed by atoms with Crippen molar-refractivity contribution in [1.29, 1.82) is 0 Å². The van der Waals surface area contributed by atoms with Crippen molar-refractivity contribution in [3.63, 3.8) is 0 Å². The lowest BCUT2D eigenvalue weighted by molar-refractivity contribution is -0.209. The van der Waals surface area contributed by atoms with Crippen LogP contribution in [0.3, 0.4) is 0 Å². The summed E-state index contributed by atoms with van der Waals surface area (Å²) in [5.41, 5.74) is 0.117. The second-order valence-corrected chi connectivity index (χ2v) is 9.75. The van der Waals surface area contributed by atoms with E-state index in [-0.39, 0.29) is 24.9 Å². The Morgan fingerprint density at radius 2 is 1.88 bits per heavy atom. The van der Waals surface area contributed by atoms with Crippen LogP contribution in [0.25, 0.3) is 0 Å². The molecule has 1 N–H and O–H groups in total. The van der Waals surface area contributed by atoms with Crippen LogP contribution in [-0.4, -0.2) is 47.2 Å². The predicted molar refractivity (Wildman–Crippen MR) is 125 cm³/mol. The minimum Gasteiger partial charge on any atom is -0.469 e. The van der Waals surface area contributed by atoms with Crippen molar-refractivity contribution < 1.29 is 24.2 Å². The number of hydrogen-bond acceptors (Lipinski definition) is 5. The Morgan fingerprint density at radius 3 is 2.45 bits per heavy atom. The summed E-state index contributed by atoms with van der Waals surface area (Å²) in [6.45, 7) is 1.42. The fraction of sp³-hybridized carbons (Fsp3) is 0.440. The Balaban J connectivity index is 1.88. The Labute approximate surface area is 203 Å². The van der Waals surface area contributed by atoms with Gasteiger partial charge < -0.3 is 19.5 Å². The van der Waals surface area contributed by atoms with E-state index < -0.39 is 29.8 Å². The van der Waals surface area contributed by atoms with E-state index >= 15 is 0 Å². The van der Waals surface area contributed by atoms with Gasteiger partial charge in [-0.1, -0.05) is 47.5 Å². The van der Waals surface area contributed by atoms with Gasteiger partial charge in [0.05, 0.1) is 32.2 Å². The number of methoxy groups -OCH3 is 1. The normalized spacial score (nSPS) is 26.2. The highest BCUT2D eigenvalue weighted by Gasteiger charge is 2.55. The molecule has 2 aromatic carbocycles. The fourth-order valence-corrected chi connectivity index (χ4v) is 4.96. The van der Waals surface area contributed by atoms with Gasteiger partial charge in [-0.2, -0.15) is 0 Å². The lowest BCUT2D eigenvalue weighted by Crippen LogP contribution is -2.61. The smallest absolute Gasteiger partial charge is 0.308 e. The third kappa shape index (κ3) is 4.90. The van der Waals surface area contributed by atoms with E-state index in [9.17, 15) is 14.7 Å². The van der Waals surface area contributed by atoms with Crippen LogP contribution in [0, 0.1) is 5.92 Å². The van der Waals surface area contributed by atoms with E-state index in [2.05, 4.69) is 0 Å². The average molecular weight is 492 g/mol. The van der Waals surface area contributed by atoms with Crippen LogP contribution in [-0.2, 0) is 19.1 Å². The lowest BCUT2D eigenvalue weighted by Gasteiger charge is -2.51. The first-order valence-corrected chi connectivity index (χ1v) is 11.7. The second kappa shape index (κ2) is 9.63. The molecule has 4 rings (SSSR count). The van der Waals surface area contributed by atoms with Crippen molar-refractivity contribution >= 4 is 35.1 Å². The number of halogens is 2. The fourth-order valence-electron chi connectivity index (χ4n) is 4.64. The molecule has 1 amide bonds. The number of nitrogens with zero attached hydrogens (tertiary/aromatic N) is 1. The molecule has 1 saturated carbocycles. The zero-order valence-corrected chi connectivity index (χ0v) is 20.1. The standard InChI is InChI=1S/C25H27Cl2NO5/c1-25(13-21(30)32-2)24(31)28(20(14-29)15-6-7-15)22(16-8-10-18(26)11-9-16)23(33-25)17-4-3-5-19(27)12-17/h3-5,8-12,15,20,22-23,29H,6-7,13-14H2,1-2H3. The van der Waals surface area contributed by atoms with E-state index in [0.29, 0.717) is 10.0 Å². The molecule has 2 fully saturated rings. The number of hydrogen-bond donors (Lipinski definition) is 1. The van der Waals surface area contributed by atoms with Gasteiger partial charge in [0.1, 0.15) is 6.10 Å². The van der Waals surface area contributed by atoms with Gasteiger partial charge in [-0.25, -0.2) is 0 Å². The van der Waals surface area contributed by atoms with Crippen molar-refractivity contribution in [2.75, 3.05) is 13.7 Å². The summed E-state index contributed by atoms with van der Waals surface area (Å²) in [6, 6.07) is 13.6. The molecule has 0 radical (unpaired) electrons.